The van der Waals surface area contributed by atoms with E-state index in [0.717, 1.165) is 43.4 Å². The van der Waals surface area contributed by atoms with Crippen molar-refractivity contribution in [3.8, 4) is 0 Å². The van der Waals surface area contributed by atoms with E-state index in [-0.39, 0.29) is 0 Å². The Morgan fingerprint density at radius 1 is 1.25 bits per heavy atom. The summed E-state index contributed by atoms with van der Waals surface area (Å²) in [6.07, 6.45) is 2.19. The molecule has 0 N–H and O–H groups in total. The van der Waals surface area contributed by atoms with Crippen LogP contribution in [0.2, 0.25) is 0 Å². The Balaban J connectivity index is 1.67. The number of fused-ring (bicyclic) bond motifs is 1. The molecule has 3 rings (SSSR count). The van der Waals surface area contributed by atoms with E-state index in [0.29, 0.717) is 0 Å². The highest BCUT2D eigenvalue weighted by Gasteiger charge is 2.19. The van der Waals surface area contributed by atoms with Gasteiger partial charge in [0.05, 0.1) is 22.9 Å². The SMILES string of the molecule is Cc1nc(CN2CCn3cc(CN(C)C)nc3C2)cs1. The summed E-state index contributed by atoms with van der Waals surface area (Å²) in [5.74, 6) is 1.18. The Kier molecular flexibility index (Phi) is 3.87. The number of rotatable bonds is 4. The summed E-state index contributed by atoms with van der Waals surface area (Å²) >= 11 is 1.73. The summed E-state index contributed by atoms with van der Waals surface area (Å²) in [5, 5.41) is 3.31. The minimum Gasteiger partial charge on any atom is -0.332 e. The zero-order valence-corrected chi connectivity index (χ0v) is 13.2. The van der Waals surface area contributed by atoms with Crippen molar-refractivity contribution in [2.24, 2.45) is 0 Å². The summed E-state index contributed by atoms with van der Waals surface area (Å²) in [6.45, 7) is 6.92. The van der Waals surface area contributed by atoms with E-state index in [4.69, 9.17) is 4.98 Å². The van der Waals surface area contributed by atoms with Gasteiger partial charge in [0.25, 0.3) is 0 Å². The molecule has 0 fully saturated rings. The summed E-state index contributed by atoms with van der Waals surface area (Å²) in [6, 6.07) is 0. The zero-order valence-electron chi connectivity index (χ0n) is 12.3. The topological polar surface area (TPSA) is 37.2 Å². The van der Waals surface area contributed by atoms with Crippen LogP contribution in [-0.2, 0) is 26.2 Å². The van der Waals surface area contributed by atoms with Gasteiger partial charge in [-0.05, 0) is 21.0 Å². The molecule has 2 aromatic rings. The van der Waals surface area contributed by atoms with E-state index in [2.05, 4.69) is 51.9 Å². The summed E-state index contributed by atoms with van der Waals surface area (Å²) < 4.78 is 2.29. The first-order valence-corrected chi connectivity index (χ1v) is 7.81. The van der Waals surface area contributed by atoms with E-state index < -0.39 is 0 Å². The van der Waals surface area contributed by atoms with Crippen LogP contribution in [0.4, 0.5) is 0 Å². The Morgan fingerprint density at radius 3 is 2.80 bits per heavy atom. The van der Waals surface area contributed by atoms with E-state index in [1.54, 1.807) is 11.3 Å². The van der Waals surface area contributed by atoms with Gasteiger partial charge < -0.3 is 9.47 Å². The Morgan fingerprint density at radius 2 is 2.10 bits per heavy atom. The van der Waals surface area contributed by atoms with Gasteiger partial charge in [-0.2, -0.15) is 0 Å². The Hall–Kier alpha value is -1.24. The molecular formula is C14H21N5S. The molecule has 0 saturated heterocycles. The first-order chi connectivity index (χ1) is 9.60. The number of hydrogen-bond donors (Lipinski definition) is 0. The number of nitrogens with zero attached hydrogens (tertiary/aromatic N) is 5. The summed E-state index contributed by atoms with van der Waals surface area (Å²) in [4.78, 5) is 13.9. The molecule has 0 bridgehead atoms. The maximum absolute atomic E-state index is 4.75. The van der Waals surface area contributed by atoms with Gasteiger partial charge in [-0.25, -0.2) is 9.97 Å². The maximum atomic E-state index is 4.75. The molecule has 0 atom stereocenters. The molecular weight excluding hydrogens is 270 g/mol. The maximum Gasteiger partial charge on any atom is 0.123 e. The van der Waals surface area contributed by atoms with E-state index in [1.807, 2.05) is 0 Å². The molecule has 0 aromatic carbocycles. The standard InChI is InChI=1S/C14H21N5S/c1-11-15-13(10-20-11)7-18-4-5-19-8-12(6-17(2)3)16-14(19)9-18/h8,10H,4-7,9H2,1-3H3. The van der Waals surface area contributed by atoms with Gasteiger partial charge >= 0.3 is 0 Å². The highest BCUT2D eigenvalue weighted by molar-refractivity contribution is 7.09. The second-order valence-corrected chi connectivity index (χ2v) is 6.71. The van der Waals surface area contributed by atoms with Gasteiger partial charge in [0.15, 0.2) is 0 Å². The minimum atomic E-state index is 0.908. The fourth-order valence-electron chi connectivity index (χ4n) is 2.61. The molecule has 20 heavy (non-hydrogen) atoms. The highest BCUT2D eigenvalue weighted by atomic mass is 32.1. The van der Waals surface area contributed by atoms with Gasteiger partial charge in [-0.1, -0.05) is 0 Å². The molecule has 6 heteroatoms. The van der Waals surface area contributed by atoms with Gasteiger partial charge in [-0.15, -0.1) is 11.3 Å². The van der Waals surface area contributed by atoms with Crippen molar-refractivity contribution in [1.29, 1.82) is 0 Å². The van der Waals surface area contributed by atoms with Crippen molar-refractivity contribution in [2.75, 3.05) is 20.6 Å². The lowest BCUT2D eigenvalue weighted by atomic mass is 10.3. The van der Waals surface area contributed by atoms with E-state index >= 15 is 0 Å². The first-order valence-electron chi connectivity index (χ1n) is 6.93. The molecule has 0 spiro atoms. The fraction of sp³-hybridized carbons (Fsp3) is 0.571. The molecule has 5 nitrogen and oxygen atoms in total. The zero-order chi connectivity index (χ0) is 14.1. The average Bonchev–Trinajstić information content (AvgIpc) is 2.94. The predicted molar refractivity (Wildman–Crippen MR) is 80.6 cm³/mol. The first kappa shape index (κ1) is 13.7. The number of hydrogen-bond acceptors (Lipinski definition) is 5. The summed E-state index contributed by atoms with van der Waals surface area (Å²) in [7, 11) is 4.16. The van der Waals surface area contributed by atoms with Crippen LogP contribution < -0.4 is 0 Å². The molecule has 1 aliphatic heterocycles. The Bertz CT molecular complexity index is 586. The van der Waals surface area contributed by atoms with Gasteiger partial charge in [0.2, 0.25) is 0 Å². The fourth-order valence-corrected chi connectivity index (χ4v) is 3.21. The number of aromatic nitrogens is 3. The highest BCUT2D eigenvalue weighted by Crippen LogP contribution is 2.17. The van der Waals surface area contributed by atoms with Crippen LogP contribution in [0.3, 0.4) is 0 Å². The van der Waals surface area contributed by atoms with E-state index in [9.17, 15) is 0 Å². The van der Waals surface area contributed by atoms with Gasteiger partial charge in [0.1, 0.15) is 5.82 Å². The predicted octanol–water partition coefficient (Wildman–Crippen LogP) is 1.73. The van der Waals surface area contributed by atoms with Crippen molar-refractivity contribution in [1.82, 2.24) is 24.3 Å². The van der Waals surface area contributed by atoms with Crippen molar-refractivity contribution in [3.63, 3.8) is 0 Å². The van der Waals surface area contributed by atoms with Crippen LogP contribution in [0.25, 0.3) is 0 Å². The van der Waals surface area contributed by atoms with Crippen molar-refractivity contribution in [3.05, 3.63) is 33.8 Å². The lowest BCUT2D eigenvalue weighted by Gasteiger charge is -2.26. The second-order valence-electron chi connectivity index (χ2n) is 5.65. The average molecular weight is 291 g/mol. The molecule has 108 valence electrons. The molecule has 0 amide bonds. The lowest BCUT2D eigenvalue weighted by Crippen LogP contribution is -2.33. The quantitative estimate of drug-likeness (QED) is 0.859. The van der Waals surface area contributed by atoms with Gasteiger partial charge in [-0.3, -0.25) is 4.90 Å². The molecule has 3 heterocycles. The molecule has 1 aliphatic rings. The van der Waals surface area contributed by atoms with Crippen LogP contribution in [0.15, 0.2) is 11.6 Å². The largest absolute Gasteiger partial charge is 0.332 e. The van der Waals surface area contributed by atoms with Crippen molar-refractivity contribution >= 4 is 11.3 Å². The molecule has 0 saturated carbocycles. The number of thiazole rings is 1. The second kappa shape index (κ2) is 5.63. The van der Waals surface area contributed by atoms with Crippen LogP contribution in [0, 0.1) is 6.92 Å². The van der Waals surface area contributed by atoms with Crippen molar-refractivity contribution in [2.45, 2.75) is 33.1 Å². The monoisotopic (exact) mass is 291 g/mol. The number of imidazole rings is 1. The van der Waals surface area contributed by atoms with Crippen LogP contribution in [0.5, 0.6) is 0 Å². The molecule has 0 unspecified atom stereocenters. The summed E-state index contributed by atoms with van der Waals surface area (Å²) in [5.41, 5.74) is 2.34. The van der Waals surface area contributed by atoms with Crippen LogP contribution >= 0.6 is 11.3 Å². The van der Waals surface area contributed by atoms with E-state index in [1.165, 1.54) is 11.5 Å². The normalized spacial score (nSPS) is 15.8. The molecule has 0 radical (unpaired) electrons. The van der Waals surface area contributed by atoms with Gasteiger partial charge in [0, 0.05) is 37.8 Å². The Labute approximate surface area is 123 Å². The van der Waals surface area contributed by atoms with Crippen molar-refractivity contribution < 1.29 is 0 Å². The third-order valence-corrected chi connectivity index (χ3v) is 4.28. The smallest absolute Gasteiger partial charge is 0.123 e. The molecule has 0 aliphatic carbocycles. The minimum absolute atomic E-state index is 0.908. The lowest BCUT2D eigenvalue weighted by molar-refractivity contribution is 0.207. The third kappa shape index (κ3) is 3.08. The van der Waals surface area contributed by atoms with Crippen LogP contribution in [0.1, 0.15) is 22.2 Å². The molecule has 2 aromatic heterocycles. The van der Waals surface area contributed by atoms with Crippen LogP contribution in [-0.4, -0.2) is 45.0 Å². The third-order valence-electron chi connectivity index (χ3n) is 3.46. The number of aryl methyl sites for hydroxylation is 1.